The summed E-state index contributed by atoms with van der Waals surface area (Å²) in [6.07, 6.45) is 8.53. The van der Waals surface area contributed by atoms with E-state index in [1.165, 1.54) is 38.5 Å². The number of hydrogen-bond donors (Lipinski definition) is 2. The molecule has 0 aromatic rings. The second-order valence-electron chi connectivity index (χ2n) is 8.47. The van der Waals surface area contributed by atoms with Gasteiger partial charge in [0.2, 0.25) is 0 Å². The molecule has 5 nitrogen and oxygen atoms in total. The third-order valence-corrected chi connectivity index (χ3v) is 5.97. The lowest BCUT2D eigenvalue weighted by Crippen LogP contribution is -2.50. The zero-order chi connectivity index (χ0) is 17.6. The van der Waals surface area contributed by atoms with Crippen LogP contribution in [0.25, 0.3) is 0 Å². The van der Waals surface area contributed by atoms with Crippen LogP contribution in [0.5, 0.6) is 0 Å². The highest BCUT2D eigenvalue weighted by Gasteiger charge is 2.41. The monoisotopic (exact) mass is 478 g/mol. The highest BCUT2D eigenvalue weighted by atomic mass is 127. The Morgan fingerprint density at radius 3 is 2.19 bits per heavy atom. The molecule has 0 amide bonds. The molecular formula is C20H39IN4O. The van der Waals surface area contributed by atoms with E-state index in [4.69, 9.17) is 4.74 Å². The highest BCUT2D eigenvalue weighted by Crippen LogP contribution is 2.48. The summed E-state index contributed by atoms with van der Waals surface area (Å²) in [4.78, 5) is 6.98. The molecule has 6 heteroatoms. The van der Waals surface area contributed by atoms with Gasteiger partial charge in [0.1, 0.15) is 0 Å². The normalized spacial score (nSPS) is 22.6. The number of guanidine groups is 1. The number of aliphatic imine (C=N–C) groups is 1. The van der Waals surface area contributed by atoms with E-state index in [-0.39, 0.29) is 24.0 Å². The Morgan fingerprint density at radius 1 is 1.08 bits per heavy atom. The maximum Gasteiger partial charge on any atom is 0.191 e. The number of rotatable bonds is 9. The third-order valence-electron chi connectivity index (χ3n) is 5.97. The molecule has 2 aliphatic carbocycles. The van der Waals surface area contributed by atoms with E-state index in [9.17, 15) is 0 Å². The van der Waals surface area contributed by atoms with E-state index >= 15 is 0 Å². The Labute approximate surface area is 177 Å². The lowest BCUT2D eigenvalue weighted by atomic mass is 9.98. The summed E-state index contributed by atoms with van der Waals surface area (Å²) in [6, 6.07) is 0.550. The van der Waals surface area contributed by atoms with Crippen molar-refractivity contribution < 1.29 is 4.74 Å². The van der Waals surface area contributed by atoms with Crippen LogP contribution in [0.3, 0.4) is 0 Å². The standard InChI is InChI=1S/C20H38N4O.HI/c1-15(2)25-13-12-24-10-8-18(9-11-24)23-20(21-3)22-14-19(16-4-5-16)17-6-7-17;/h15-19H,4-14H2,1-3H3,(H2,21,22,23);1H. The van der Waals surface area contributed by atoms with Crippen molar-refractivity contribution in [1.29, 1.82) is 0 Å². The first-order valence-electron chi connectivity index (χ1n) is 10.5. The largest absolute Gasteiger partial charge is 0.377 e. The van der Waals surface area contributed by atoms with Crippen molar-refractivity contribution >= 4 is 29.9 Å². The predicted octanol–water partition coefficient (Wildman–Crippen LogP) is 3.10. The second-order valence-corrected chi connectivity index (χ2v) is 8.47. The van der Waals surface area contributed by atoms with E-state index < -0.39 is 0 Å². The zero-order valence-electron chi connectivity index (χ0n) is 16.9. The van der Waals surface area contributed by atoms with E-state index in [0.29, 0.717) is 12.1 Å². The molecule has 0 aromatic carbocycles. The Balaban J connectivity index is 0.00000243. The first-order valence-corrected chi connectivity index (χ1v) is 10.5. The summed E-state index contributed by atoms with van der Waals surface area (Å²) in [5.74, 6) is 3.89. The minimum atomic E-state index is 0. The van der Waals surface area contributed by atoms with E-state index in [1.807, 2.05) is 7.05 Å². The number of likely N-dealkylation sites (tertiary alicyclic amines) is 1. The number of piperidine rings is 1. The number of nitrogens with one attached hydrogen (secondary N) is 2. The molecule has 3 rings (SSSR count). The molecule has 1 heterocycles. The van der Waals surface area contributed by atoms with Crippen LogP contribution in [0.15, 0.2) is 4.99 Å². The maximum absolute atomic E-state index is 5.67. The SMILES string of the molecule is CN=C(NCC(C1CC1)C1CC1)NC1CCN(CCOC(C)C)CC1.I. The minimum absolute atomic E-state index is 0. The Morgan fingerprint density at radius 2 is 1.69 bits per heavy atom. The van der Waals surface area contributed by atoms with Crippen LogP contribution in [0.2, 0.25) is 0 Å². The fourth-order valence-corrected chi connectivity index (χ4v) is 4.09. The summed E-state index contributed by atoms with van der Waals surface area (Å²) >= 11 is 0. The van der Waals surface area contributed by atoms with Crippen molar-refractivity contribution in [3.05, 3.63) is 0 Å². The molecule has 2 N–H and O–H groups in total. The molecular weight excluding hydrogens is 439 g/mol. The van der Waals surface area contributed by atoms with Crippen LogP contribution in [0, 0.1) is 17.8 Å². The van der Waals surface area contributed by atoms with Gasteiger partial charge in [-0.2, -0.15) is 0 Å². The molecule has 1 saturated heterocycles. The average molecular weight is 478 g/mol. The number of nitrogens with zero attached hydrogens (tertiary/aromatic N) is 2. The molecule has 0 radical (unpaired) electrons. The van der Waals surface area contributed by atoms with Gasteiger partial charge in [0.15, 0.2) is 5.96 Å². The highest BCUT2D eigenvalue weighted by molar-refractivity contribution is 14.0. The van der Waals surface area contributed by atoms with Gasteiger partial charge in [0.05, 0.1) is 12.7 Å². The fraction of sp³-hybridized carbons (Fsp3) is 0.950. The van der Waals surface area contributed by atoms with Crippen molar-refractivity contribution in [2.24, 2.45) is 22.7 Å². The van der Waals surface area contributed by atoms with Gasteiger partial charge >= 0.3 is 0 Å². The Hall–Kier alpha value is -0.0800. The summed E-state index contributed by atoms with van der Waals surface area (Å²) in [5.41, 5.74) is 0. The smallest absolute Gasteiger partial charge is 0.191 e. The van der Waals surface area contributed by atoms with Gasteiger partial charge in [-0.15, -0.1) is 24.0 Å². The molecule has 0 atom stereocenters. The molecule has 3 fully saturated rings. The average Bonchev–Trinajstić information content (AvgIpc) is 3.48. The molecule has 1 aliphatic heterocycles. The predicted molar refractivity (Wildman–Crippen MR) is 119 cm³/mol. The molecule has 0 aromatic heterocycles. The third kappa shape index (κ3) is 7.50. The second kappa shape index (κ2) is 11.1. The zero-order valence-corrected chi connectivity index (χ0v) is 19.2. The number of hydrogen-bond acceptors (Lipinski definition) is 3. The number of ether oxygens (including phenoxy) is 1. The van der Waals surface area contributed by atoms with Gasteiger partial charge in [-0.05, 0) is 70.1 Å². The van der Waals surface area contributed by atoms with E-state index in [2.05, 4.69) is 34.4 Å². The first-order chi connectivity index (χ1) is 12.2. The molecule has 152 valence electrons. The number of halogens is 1. The molecule has 2 saturated carbocycles. The van der Waals surface area contributed by atoms with Gasteiger partial charge in [-0.1, -0.05) is 0 Å². The van der Waals surface area contributed by atoms with E-state index in [0.717, 1.165) is 56.5 Å². The molecule has 26 heavy (non-hydrogen) atoms. The molecule has 0 bridgehead atoms. The summed E-state index contributed by atoms with van der Waals surface area (Å²) < 4.78 is 5.67. The van der Waals surface area contributed by atoms with E-state index in [1.54, 1.807) is 0 Å². The van der Waals surface area contributed by atoms with Gasteiger partial charge < -0.3 is 20.3 Å². The fourth-order valence-electron chi connectivity index (χ4n) is 4.09. The van der Waals surface area contributed by atoms with Crippen molar-refractivity contribution in [3.63, 3.8) is 0 Å². The van der Waals surface area contributed by atoms with Crippen molar-refractivity contribution in [2.75, 3.05) is 39.8 Å². The minimum Gasteiger partial charge on any atom is -0.377 e. The van der Waals surface area contributed by atoms with Crippen LogP contribution in [-0.2, 0) is 4.74 Å². The van der Waals surface area contributed by atoms with Crippen molar-refractivity contribution in [3.8, 4) is 0 Å². The Bertz CT molecular complexity index is 418. The first kappa shape index (κ1) is 22.2. The van der Waals surface area contributed by atoms with Crippen LogP contribution in [-0.4, -0.2) is 62.8 Å². The lowest BCUT2D eigenvalue weighted by Gasteiger charge is -2.33. The topological polar surface area (TPSA) is 48.9 Å². The molecule has 0 unspecified atom stereocenters. The summed E-state index contributed by atoms with van der Waals surface area (Å²) in [7, 11) is 1.90. The van der Waals surface area contributed by atoms with Gasteiger partial charge in [-0.25, -0.2) is 0 Å². The van der Waals surface area contributed by atoms with Crippen molar-refractivity contribution in [1.82, 2.24) is 15.5 Å². The summed E-state index contributed by atoms with van der Waals surface area (Å²) in [6.45, 7) is 9.54. The van der Waals surface area contributed by atoms with Gasteiger partial charge in [-0.3, -0.25) is 4.99 Å². The van der Waals surface area contributed by atoms with Crippen LogP contribution in [0.4, 0.5) is 0 Å². The van der Waals surface area contributed by atoms with Crippen LogP contribution >= 0.6 is 24.0 Å². The van der Waals surface area contributed by atoms with Gasteiger partial charge in [0.25, 0.3) is 0 Å². The Kier molecular flexibility index (Phi) is 9.44. The quantitative estimate of drug-likeness (QED) is 0.304. The van der Waals surface area contributed by atoms with Crippen molar-refractivity contribution in [2.45, 2.75) is 64.5 Å². The van der Waals surface area contributed by atoms with Crippen LogP contribution in [0.1, 0.15) is 52.4 Å². The van der Waals surface area contributed by atoms with Crippen LogP contribution < -0.4 is 10.6 Å². The maximum atomic E-state index is 5.67. The lowest BCUT2D eigenvalue weighted by molar-refractivity contribution is 0.0532. The van der Waals surface area contributed by atoms with Gasteiger partial charge in [0, 0.05) is 39.3 Å². The molecule has 3 aliphatic rings. The summed E-state index contributed by atoms with van der Waals surface area (Å²) in [5, 5.41) is 7.28. The molecule has 0 spiro atoms.